The van der Waals surface area contributed by atoms with Crippen LogP contribution in [0.4, 0.5) is 0 Å². The van der Waals surface area contributed by atoms with Crippen LogP contribution in [-0.2, 0) is 42.8 Å². The van der Waals surface area contributed by atoms with E-state index in [0.29, 0.717) is 16.7 Å². The van der Waals surface area contributed by atoms with Crippen molar-refractivity contribution in [2.75, 3.05) is 19.8 Å². The Kier molecular flexibility index (Phi) is 11.3. The van der Waals surface area contributed by atoms with Gasteiger partial charge in [-0.1, -0.05) is 24.3 Å². The number of phenols is 2. The van der Waals surface area contributed by atoms with Crippen LogP contribution in [0.5, 0.6) is 11.5 Å². The van der Waals surface area contributed by atoms with Crippen LogP contribution >= 0.6 is 0 Å². The van der Waals surface area contributed by atoms with Crippen LogP contribution in [0.3, 0.4) is 0 Å². The Balaban J connectivity index is 1.10. The predicted octanol–water partition coefficient (Wildman–Crippen LogP) is 0.990. The molecule has 0 unspecified atom stereocenters. The smallest absolute Gasteiger partial charge is 0.331 e. The maximum Gasteiger partial charge on any atom is 0.331 e. The number of hydrogen-bond donors (Lipinski definition) is 5. The Morgan fingerprint density at radius 3 is 2.02 bits per heavy atom. The van der Waals surface area contributed by atoms with Crippen molar-refractivity contribution in [1.29, 1.82) is 0 Å². The number of ether oxygens (including phenoxy) is 6. The lowest BCUT2D eigenvalue weighted by atomic mass is 9.92. The first-order valence-electron chi connectivity index (χ1n) is 15.1. The molecule has 48 heavy (non-hydrogen) atoms. The number of aromatic hydroxyl groups is 2. The molecule has 0 bridgehead atoms. The number of esters is 3. The van der Waals surface area contributed by atoms with Gasteiger partial charge in [0, 0.05) is 12.2 Å². The number of phenolic OH excluding ortho intramolecular Hbond substituents is 2. The first-order chi connectivity index (χ1) is 23.0. The number of cyclic esters (lactones) is 1. The summed E-state index contributed by atoms with van der Waals surface area (Å²) in [5.41, 5.74) is 1.83. The van der Waals surface area contributed by atoms with E-state index < -0.39 is 79.5 Å². The van der Waals surface area contributed by atoms with E-state index in [1.54, 1.807) is 31.2 Å². The summed E-state index contributed by atoms with van der Waals surface area (Å²) in [6.45, 7) is 0.872. The fraction of sp³-hybridized carbons (Fsp3) is 0.382. The Labute approximate surface area is 275 Å². The largest absolute Gasteiger partial charge is 0.508 e. The SMILES string of the molecule is C/C(=C/[C@@H]1OC(=O)[C@H]([C@@H]2CO[C@@H]3O[C@H](COC(=O)/C=C/c4ccc(O)cc4)[C@H](O)[C@H](O)[C@@H]3O2)[C@H]1O)COC(=O)/C=C/c1ccc(O)cc1. The van der Waals surface area contributed by atoms with Gasteiger partial charge < -0.3 is 54.0 Å². The molecule has 3 fully saturated rings. The number of hydrogen-bond acceptors (Lipinski definition) is 14. The Bertz CT molecular complexity index is 1530. The van der Waals surface area contributed by atoms with Crippen molar-refractivity contribution in [2.45, 2.75) is 55.9 Å². The minimum atomic E-state index is -1.55. The molecule has 2 aromatic carbocycles. The molecule has 2 aromatic rings. The summed E-state index contributed by atoms with van der Waals surface area (Å²) in [7, 11) is 0. The second-order valence-electron chi connectivity index (χ2n) is 11.5. The summed E-state index contributed by atoms with van der Waals surface area (Å²) in [6.07, 6.45) is -3.29. The first kappa shape index (κ1) is 34.8. The van der Waals surface area contributed by atoms with Crippen LogP contribution in [0.25, 0.3) is 12.2 Å². The Morgan fingerprint density at radius 2 is 1.42 bits per heavy atom. The molecule has 3 aliphatic heterocycles. The zero-order chi connectivity index (χ0) is 34.4. The molecule has 0 spiro atoms. The molecule has 9 atom stereocenters. The van der Waals surface area contributed by atoms with Crippen LogP contribution < -0.4 is 0 Å². The average molecular weight is 669 g/mol. The second-order valence-corrected chi connectivity index (χ2v) is 11.5. The van der Waals surface area contributed by atoms with Gasteiger partial charge in [-0.05, 0) is 66.1 Å². The number of carbonyl (C=O) groups excluding carboxylic acids is 3. The molecule has 3 aliphatic rings. The first-order valence-corrected chi connectivity index (χ1v) is 15.1. The summed E-state index contributed by atoms with van der Waals surface area (Å²) in [6, 6.07) is 12.3. The molecule has 0 aromatic heterocycles. The second kappa shape index (κ2) is 15.6. The van der Waals surface area contributed by atoms with Crippen molar-refractivity contribution in [3.63, 3.8) is 0 Å². The third-order valence-electron chi connectivity index (χ3n) is 7.92. The zero-order valence-corrected chi connectivity index (χ0v) is 25.7. The third kappa shape index (κ3) is 8.66. The van der Waals surface area contributed by atoms with Gasteiger partial charge in [-0.2, -0.15) is 0 Å². The van der Waals surface area contributed by atoms with Gasteiger partial charge in [0.2, 0.25) is 0 Å². The third-order valence-corrected chi connectivity index (χ3v) is 7.92. The normalized spacial score (nSPS) is 30.6. The minimum Gasteiger partial charge on any atom is -0.508 e. The van der Waals surface area contributed by atoms with E-state index in [2.05, 4.69) is 0 Å². The summed E-state index contributed by atoms with van der Waals surface area (Å²) < 4.78 is 33.0. The van der Waals surface area contributed by atoms with Gasteiger partial charge in [0.15, 0.2) is 6.29 Å². The molecule has 3 heterocycles. The molecule has 0 aliphatic carbocycles. The van der Waals surface area contributed by atoms with Crippen molar-refractivity contribution in [3.8, 4) is 11.5 Å². The summed E-state index contributed by atoms with van der Waals surface area (Å²) >= 11 is 0. The number of carbonyl (C=O) groups is 3. The van der Waals surface area contributed by atoms with Crippen LogP contribution in [0, 0.1) is 5.92 Å². The van der Waals surface area contributed by atoms with Gasteiger partial charge in [0.1, 0.15) is 67.3 Å². The van der Waals surface area contributed by atoms with E-state index in [-0.39, 0.29) is 24.7 Å². The van der Waals surface area contributed by atoms with Gasteiger partial charge in [-0.15, -0.1) is 0 Å². The van der Waals surface area contributed by atoms with E-state index in [9.17, 15) is 39.9 Å². The quantitative estimate of drug-likeness (QED) is 0.104. The van der Waals surface area contributed by atoms with Gasteiger partial charge in [-0.3, -0.25) is 4.79 Å². The van der Waals surface area contributed by atoms with Crippen LogP contribution in [0.1, 0.15) is 18.1 Å². The molecule has 14 heteroatoms. The lowest BCUT2D eigenvalue weighted by Crippen LogP contribution is -2.64. The highest BCUT2D eigenvalue weighted by molar-refractivity contribution is 5.87. The van der Waals surface area contributed by atoms with Gasteiger partial charge in [0.05, 0.1) is 12.7 Å². The van der Waals surface area contributed by atoms with Gasteiger partial charge in [-0.25, -0.2) is 9.59 Å². The van der Waals surface area contributed by atoms with Gasteiger partial charge in [0.25, 0.3) is 0 Å². The van der Waals surface area contributed by atoms with E-state index in [4.69, 9.17) is 28.4 Å². The van der Waals surface area contributed by atoms with Crippen molar-refractivity contribution in [2.24, 2.45) is 5.92 Å². The van der Waals surface area contributed by atoms with Crippen LogP contribution in [0.15, 0.2) is 72.3 Å². The van der Waals surface area contributed by atoms with E-state index in [1.165, 1.54) is 48.6 Å². The maximum atomic E-state index is 12.8. The zero-order valence-electron chi connectivity index (χ0n) is 25.7. The average Bonchev–Trinajstić information content (AvgIpc) is 3.35. The summed E-state index contributed by atoms with van der Waals surface area (Å²) in [5.74, 6) is -3.14. The minimum absolute atomic E-state index is 0.0800. The fourth-order valence-electron chi connectivity index (χ4n) is 5.35. The fourth-order valence-corrected chi connectivity index (χ4v) is 5.35. The molecule has 14 nitrogen and oxygen atoms in total. The lowest BCUT2D eigenvalue weighted by molar-refractivity contribution is -0.353. The molecule has 5 rings (SSSR count). The molecular weight excluding hydrogens is 632 g/mol. The number of benzene rings is 2. The summed E-state index contributed by atoms with van der Waals surface area (Å²) in [4.78, 5) is 37.1. The van der Waals surface area contributed by atoms with Crippen LogP contribution in [-0.4, -0.2) is 112 Å². The molecule has 256 valence electrons. The molecule has 0 amide bonds. The highest BCUT2D eigenvalue weighted by Gasteiger charge is 2.54. The van der Waals surface area contributed by atoms with E-state index in [1.807, 2.05) is 0 Å². The topological polar surface area (TPSA) is 208 Å². The maximum absolute atomic E-state index is 12.8. The van der Waals surface area contributed by atoms with E-state index in [0.717, 1.165) is 6.08 Å². The van der Waals surface area contributed by atoms with Crippen molar-refractivity contribution < 1.29 is 68.3 Å². The van der Waals surface area contributed by atoms with Crippen molar-refractivity contribution in [1.82, 2.24) is 0 Å². The van der Waals surface area contributed by atoms with Crippen LogP contribution in [0.2, 0.25) is 0 Å². The molecule has 5 N–H and O–H groups in total. The molecular formula is C34H36O14. The number of aliphatic hydroxyl groups is 3. The molecule has 3 saturated heterocycles. The number of aliphatic hydroxyl groups excluding tert-OH is 3. The predicted molar refractivity (Wildman–Crippen MR) is 165 cm³/mol. The molecule has 0 radical (unpaired) electrons. The number of fused-ring (bicyclic) bond motifs is 1. The Hall–Kier alpha value is -4.57. The van der Waals surface area contributed by atoms with Crippen molar-refractivity contribution >= 4 is 30.1 Å². The lowest BCUT2D eigenvalue weighted by Gasteiger charge is -2.46. The Morgan fingerprint density at radius 1 is 0.833 bits per heavy atom. The molecule has 0 saturated carbocycles. The van der Waals surface area contributed by atoms with Gasteiger partial charge >= 0.3 is 17.9 Å². The summed E-state index contributed by atoms with van der Waals surface area (Å²) in [5, 5.41) is 51.1. The highest BCUT2D eigenvalue weighted by Crippen LogP contribution is 2.35. The van der Waals surface area contributed by atoms with E-state index >= 15 is 0 Å². The monoisotopic (exact) mass is 668 g/mol. The van der Waals surface area contributed by atoms with Crippen molar-refractivity contribution in [3.05, 3.63) is 83.5 Å². The highest BCUT2D eigenvalue weighted by atomic mass is 16.7. The standard InChI is InChI=1S/C34H36O14/c1-18(15-43-26(37)12-6-19-2-8-21(35)9-3-19)14-23-29(39)28(33(42)47-23)24-16-45-34-32(46-24)31(41)30(40)25(48-34)17-44-27(38)13-7-20-4-10-22(36)11-5-20/h2-14,23-25,28-32,34-36,39-41H,15-17H2,1H3/b12-6+,13-7+,18-14-/t23-,24-,25+,28+,29-,30-,31-,32-,34+/m0/s1. The number of rotatable bonds is 10.